The van der Waals surface area contributed by atoms with E-state index in [0.29, 0.717) is 6.42 Å². The van der Waals surface area contributed by atoms with Crippen LogP contribution in [0.1, 0.15) is 25.7 Å². The lowest BCUT2D eigenvalue weighted by Crippen LogP contribution is -2.25. The number of aliphatic hydroxyl groups excluding tert-OH is 1. The van der Waals surface area contributed by atoms with E-state index in [4.69, 9.17) is 0 Å². The van der Waals surface area contributed by atoms with Gasteiger partial charge < -0.3 is 10.0 Å². The minimum absolute atomic E-state index is 0.000880. The van der Waals surface area contributed by atoms with Crippen molar-refractivity contribution >= 4 is 5.78 Å². The first-order valence-corrected chi connectivity index (χ1v) is 5.91. The Morgan fingerprint density at radius 3 is 3.00 bits per heavy atom. The summed E-state index contributed by atoms with van der Waals surface area (Å²) in [6.45, 7) is 1.89. The van der Waals surface area contributed by atoms with E-state index in [1.807, 2.05) is 6.08 Å². The second-order valence-corrected chi connectivity index (χ2v) is 4.35. The molecule has 1 aliphatic heterocycles. The third-order valence-corrected chi connectivity index (χ3v) is 2.72. The lowest BCUT2D eigenvalue weighted by Gasteiger charge is -2.17. The van der Waals surface area contributed by atoms with Crippen LogP contribution in [0.5, 0.6) is 0 Å². The van der Waals surface area contributed by atoms with Gasteiger partial charge in [-0.2, -0.15) is 0 Å². The molecule has 3 nitrogen and oxygen atoms in total. The maximum atomic E-state index is 11.4. The van der Waals surface area contributed by atoms with E-state index in [1.165, 1.54) is 0 Å². The van der Waals surface area contributed by atoms with Gasteiger partial charge >= 0.3 is 0 Å². The van der Waals surface area contributed by atoms with Crippen LogP contribution < -0.4 is 0 Å². The summed E-state index contributed by atoms with van der Waals surface area (Å²) in [5, 5.41) is 9.65. The maximum absolute atomic E-state index is 11.4. The molecule has 1 rings (SSSR count). The molecular formula is C13H21NO2. The zero-order valence-electron chi connectivity index (χ0n) is 9.93. The summed E-state index contributed by atoms with van der Waals surface area (Å²) in [5.41, 5.74) is 0. The quantitative estimate of drug-likeness (QED) is 0.677. The number of hydrogen-bond donors (Lipinski definition) is 1. The van der Waals surface area contributed by atoms with Gasteiger partial charge in [-0.25, -0.2) is 0 Å². The molecule has 1 heterocycles. The van der Waals surface area contributed by atoms with E-state index in [0.717, 1.165) is 25.9 Å². The lowest BCUT2D eigenvalue weighted by atomic mass is 10.1. The average Bonchev–Trinajstić information content (AvgIpc) is 2.25. The Morgan fingerprint density at radius 1 is 1.38 bits per heavy atom. The summed E-state index contributed by atoms with van der Waals surface area (Å²) < 4.78 is 0. The molecule has 0 amide bonds. The number of carbonyl (C=O) groups excluding carboxylic acids is 1. The summed E-state index contributed by atoms with van der Waals surface area (Å²) in [5.74, 6) is -0.000880. The molecule has 90 valence electrons. The summed E-state index contributed by atoms with van der Waals surface area (Å²) >= 11 is 0. The van der Waals surface area contributed by atoms with Crippen LogP contribution in [-0.2, 0) is 4.79 Å². The van der Waals surface area contributed by atoms with Gasteiger partial charge in [0.05, 0.1) is 6.10 Å². The highest BCUT2D eigenvalue weighted by Gasteiger charge is 2.09. The first-order valence-electron chi connectivity index (χ1n) is 5.91. The fourth-order valence-corrected chi connectivity index (χ4v) is 1.70. The predicted octanol–water partition coefficient (Wildman–Crippen LogP) is 1.53. The lowest BCUT2D eigenvalue weighted by molar-refractivity contribution is -0.116. The predicted molar refractivity (Wildman–Crippen MR) is 65.3 cm³/mol. The van der Waals surface area contributed by atoms with Crippen molar-refractivity contribution in [2.45, 2.75) is 31.8 Å². The molecule has 1 N–H and O–H groups in total. The van der Waals surface area contributed by atoms with Gasteiger partial charge in [0.25, 0.3) is 0 Å². The van der Waals surface area contributed by atoms with Crippen LogP contribution in [0.2, 0.25) is 0 Å². The van der Waals surface area contributed by atoms with Crippen molar-refractivity contribution in [1.82, 2.24) is 4.90 Å². The fraction of sp³-hybridized carbons (Fsp3) is 0.615. The Labute approximate surface area is 97.4 Å². The molecule has 0 aromatic rings. The molecule has 0 aromatic carbocycles. The normalized spacial score (nSPS) is 25.9. The molecule has 0 saturated carbocycles. The number of aliphatic hydroxyl groups is 1. The average molecular weight is 223 g/mol. The van der Waals surface area contributed by atoms with Gasteiger partial charge in [0.15, 0.2) is 5.78 Å². The van der Waals surface area contributed by atoms with E-state index < -0.39 is 6.10 Å². The van der Waals surface area contributed by atoms with Crippen molar-refractivity contribution in [2.75, 3.05) is 20.1 Å². The summed E-state index contributed by atoms with van der Waals surface area (Å²) in [4.78, 5) is 13.6. The van der Waals surface area contributed by atoms with E-state index in [1.54, 1.807) is 12.2 Å². The van der Waals surface area contributed by atoms with Crippen molar-refractivity contribution in [3.63, 3.8) is 0 Å². The highest BCUT2D eigenvalue weighted by atomic mass is 16.3. The van der Waals surface area contributed by atoms with Crippen molar-refractivity contribution in [1.29, 1.82) is 0 Å². The zero-order chi connectivity index (χ0) is 11.8. The van der Waals surface area contributed by atoms with Gasteiger partial charge in [0.2, 0.25) is 0 Å². The molecule has 0 spiro atoms. The van der Waals surface area contributed by atoms with Gasteiger partial charge in [-0.1, -0.05) is 18.2 Å². The third-order valence-electron chi connectivity index (χ3n) is 2.72. The number of rotatable bonds is 0. The van der Waals surface area contributed by atoms with Gasteiger partial charge in [-0.3, -0.25) is 4.79 Å². The largest absolute Gasteiger partial charge is 0.393 e. The van der Waals surface area contributed by atoms with Gasteiger partial charge in [-0.15, -0.1) is 0 Å². The zero-order valence-corrected chi connectivity index (χ0v) is 9.93. The molecule has 0 bridgehead atoms. The van der Waals surface area contributed by atoms with Gasteiger partial charge in [-0.05, 0) is 38.9 Å². The Morgan fingerprint density at radius 2 is 2.19 bits per heavy atom. The molecule has 0 aliphatic carbocycles. The molecule has 1 unspecified atom stereocenters. The Bertz CT molecular complexity index is 271. The first kappa shape index (κ1) is 13.1. The second-order valence-electron chi connectivity index (χ2n) is 4.35. The minimum atomic E-state index is -0.510. The Balaban J connectivity index is 2.51. The Kier molecular flexibility index (Phi) is 6.04. The fourth-order valence-electron chi connectivity index (χ4n) is 1.70. The molecule has 1 aliphatic rings. The highest BCUT2D eigenvalue weighted by Crippen LogP contribution is 2.04. The molecule has 1 atom stereocenters. The molecule has 0 saturated heterocycles. The third kappa shape index (κ3) is 5.83. The highest BCUT2D eigenvalue weighted by molar-refractivity contribution is 5.90. The smallest absolute Gasteiger partial charge is 0.158 e. The molecule has 3 heteroatoms. The van der Waals surface area contributed by atoms with Crippen LogP contribution in [-0.4, -0.2) is 42.0 Å². The molecule has 0 radical (unpaired) electrons. The van der Waals surface area contributed by atoms with Crippen molar-refractivity contribution in [3.05, 3.63) is 24.3 Å². The standard InChI is InChI=1S/C13H21NO2/c1-14-9-6-4-2-3-5-7-12(15)11-13(16)8-10-14/h2-3,5,7,13,16H,4,6,8-11H2,1H3. The van der Waals surface area contributed by atoms with Crippen molar-refractivity contribution < 1.29 is 9.90 Å². The Hall–Kier alpha value is -0.930. The van der Waals surface area contributed by atoms with Gasteiger partial charge in [0, 0.05) is 13.0 Å². The van der Waals surface area contributed by atoms with Crippen LogP contribution in [0.15, 0.2) is 24.3 Å². The van der Waals surface area contributed by atoms with Crippen LogP contribution in [0.25, 0.3) is 0 Å². The van der Waals surface area contributed by atoms with Gasteiger partial charge in [0.1, 0.15) is 0 Å². The van der Waals surface area contributed by atoms with Crippen LogP contribution in [0.4, 0.5) is 0 Å². The molecular weight excluding hydrogens is 202 g/mol. The number of hydrogen-bond acceptors (Lipinski definition) is 3. The SMILES string of the molecule is CN1CCCC=CC=CC(=O)CC(O)CC1. The second kappa shape index (κ2) is 7.36. The number of nitrogens with zero attached hydrogens (tertiary/aromatic N) is 1. The summed E-state index contributed by atoms with van der Waals surface area (Å²) in [7, 11) is 2.05. The maximum Gasteiger partial charge on any atom is 0.158 e. The van der Waals surface area contributed by atoms with Crippen molar-refractivity contribution in [2.24, 2.45) is 0 Å². The molecule has 16 heavy (non-hydrogen) atoms. The minimum Gasteiger partial charge on any atom is -0.393 e. The van der Waals surface area contributed by atoms with Crippen LogP contribution >= 0.6 is 0 Å². The number of carbonyl (C=O) groups is 1. The monoisotopic (exact) mass is 223 g/mol. The van der Waals surface area contributed by atoms with E-state index in [-0.39, 0.29) is 12.2 Å². The van der Waals surface area contributed by atoms with Crippen molar-refractivity contribution in [3.8, 4) is 0 Å². The topological polar surface area (TPSA) is 40.5 Å². The van der Waals surface area contributed by atoms with Crippen LogP contribution in [0.3, 0.4) is 0 Å². The first-order chi connectivity index (χ1) is 7.68. The number of ketones is 1. The molecule has 0 fully saturated rings. The summed E-state index contributed by atoms with van der Waals surface area (Å²) in [6, 6.07) is 0. The van der Waals surface area contributed by atoms with E-state index >= 15 is 0 Å². The summed E-state index contributed by atoms with van der Waals surface area (Å²) in [6.07, 6.45) is 9.83. The van der Waals surface area contributed by atoms with E-state index in [9.17, 15) is 9.90 Å². The van der Waals surface area contributed by atoms with E-state index in [2.05, 4.69) is 18.0 Å². The van der Waals surface area contributed by atoms with Crippen LogP contribution in [0, 0.1) is 0 Å². The number of allylic oxidation sites excluding steroid dienone is 4. The molecule has 0 aromatic heterocycles.